The van der Waals surface area contributed by atoms with Crippen LogP contribution in [0, 0.1) is 76.4 Å². The molecule has 0 amide bonds. The monoisotopic (exact) mass is 426 g/mol. The molecule has 0 unspecified atom stereocenters. The van der Waals surface area contributed by atoms with Crippen LogP contribution in [0.5, 0.6) is 0 Å². The second-order valence-corrected chi connectivity index (χ2v) is 7.03. The quantitative estimate of drug-likeness (QED) is 0.323. The lowest BCUT2D eigenvalue weighted by Crippen LogP contribution is -1.91. The first-order valence-corrected chi connectivity index (χ1v) is 9.10. The normalized spacial score (nSPS) is 10.0. The predicted molar refractivity (Wildman–Crippen MR) is 107 cm³/mol. The fourth-order valence-electron chi connectivity index (χ4n) is 2.29. The molecule has 0 atom stereocenters. The van der Waals surface area contributed by atoms with Crippen molar-refractivity contribution >= 4 is 0 Å². The lowest BCUT2D eigenvalue weighted by atomic mass is 10.1. The van der Waals surface area contributed by atoms with Crippen LogP contribution in [-0.2, 0) is 0 Å². The number of hydrogen-bond acceptors (Lipinski definition) is 0. The molecule has 3 rings (SSSR count). The second-order valence-electron chi connectivity index (χ2n) is 7.03. The molecule has 6 heteroatoms. The molecular formula is C24H24F6. The molecule has 0 heterocycles. The SMILES string of the molecule is Cc1cc(F)c(C)c(F)c1.Cc1cc(F)c(C)c(F)c1.Cc1ccc(C)c(F)c1F. The lowest BCUT2D eigenvalue weighted by Gasteiger charge is -1.99. The van der Waals surface area contributed by atoms with Crippen LogP contribution in [0.4, 0.5) is 26.3 Å². The van der Waals surface area contributed by atoms with Crippen molar-refractivity contribution in [2.24, 2.45) is 0 Å². The fourth-order valence-corrected chi connectivity index (χ4v) is 2.29. The summed E-state index contributed by atoms with van der Waals surface area (Å²) >= 11 is 0. The van der Waals surface area contributed by atoms with Crippen LogP contribution in [0.15, 0.2) is 36.4 Å². The van der Waals surface area contributed by atoms with Gasteiger partial charge in [-0.2, -0.15) is 0 Å². The molecule has 0 N–H and O–H groups in total. The van der Waals surface area contributed by atoms with E-state index in [9.17, 15) is 26.3 Å². The highest BCUT2D eigenvalue weighted by molar-refractivity contribution is 5.25. The second kappa shape index (κ2) is 10.9. The summed E-state index contributed by atoms with van der Waals surface area (Å²) in [5, 5.41) is 0. The summed E-state index contributed by atoms with van der Waals surface area (Å²) in [6.45, 7) is 9.24. The van der Waals surface area contributed by atoms with Crippen molar-refractivity contribution in [2.45, 2.75) is 41.5 Å². The smallest absolute Gasteiger partial charge is 0.161 e. The van der Waals surface area contributed by atoms with E-state index in [0.29, 0.717) is 22.3 Å². The van der Waals surface area contributed by atoms with Crippen molar-refractivity contribution in [3.05, 3.63) is 105 Å². The van der Waals surface area contributed by atoms with Crippen molar-refractivity contribution in [3.8, 4) is 0 Å². The van der Waals surface area contributed by atoms with Crippen molar-refractivity contribution in [3.63, 3.8) is 0 Å². The fraction of sp³-hybridized carbons (Fsp3) is 0.250. The van der Waals surface area contributed by atoms with Gasteiger partial charge in [-0.3, -0.25) is 0 Å². The van der Waals surface area contributed by atoms with Gasteiger partial charge in [0, 0.05) is 11.1 Å². The number of benzene rings is 3. The molecule has 0 aliphatic heterocycles. The third-order valence-corrected chi connectivity index (χ3v) is 4.32. The molecule has 0 nitrogen and oxygen atoms in total. The van der Waals surface area contributed by atoms with Gasteiger partial charge in [-0.05, 0) is 88.1 Å². The van der Waals surface area contributed by atoms with Crippen LogP contribution in [0.3, 0.4) is 0 Å². The van der Waals surface area contributed by atoms with E-state index in [1.165, 1.54) is 52.0 Å². The average Bonchev–Trinajstić information content (AvgIpc) is 2.66. The highest BCUT2D eigenvalue weighted by Gasteiger charge is 2.06. The van der Waals surface area contributed by atoms with E-state index in [-0.39, 0.29) is 11.1 Å². The summed E-state index contributed by atoms with van der Waals surface area (Å²) in [7, 11) is 0. The maximum absolute atomic E-state index is 12.6. The number of halogens is 6. The zero-order chi connectivity index (χ0) is 23.2. The summed E-state index contributed by atoms with van der Waals surface area (Å²) in [5.41, 5.74) is 2.10. The van der Waals surface area contributed by atoms with Gasteiger partial charge in [0.15, 0.2) is 11.6 Å². The first-order chi connectivity index (χ1) is 13.8. The van der Waals surface area contributed by atoms with E-state index in [1.807, 2.05) is 0 Å². The van der Waals surface area contributed by atoms with Gasteiger partial charge in [0.05, 0.1) is 0 Å². The van der Waals surface area contributed by atoms with E-state index in [0.717, 1.165) is 0 Å². The summed E-state index contributed by atoms with van der Waals surface area (Å²) < 4.78 is 75.6. The Labute approximate surface area is 173 Å². The lowest BCUT2D eigenvalue weighted by molar-refractivity contribution is 0.497. The molecule has 0 aliphatic rings. The zero-order valence-electron chi connectivity index (χ0n) is 17.7. The molecule has 162 valence electrons. The van der Waals surface area contributed by atoms with Crippen molar-refractivity contribution < 1.29 is 26.3 Å². The van der Waals surface area contributed by atoms with E-state index >= 15 is 0 Å². The summed E-state index contributed by atoms with van der Waals surface area (Å²) in [5.74, 6) is -3.37. The van der Waals surface area contributed by atoms with E-state index in [2.05, 4.69) is 0 Å². The molecule has 0 aromatic heterocycles. The van der Waals surface area contributed by atoms with Gasteiger partial charge in [-0.15, -0.1) is 0 Å². The Hall–Kier alpha value is -2.76. The number of rotatable bonds is 0. The summed E-state index contributed by atoms with van der Waals surface area (Å²) in [4.78, 5) is 0. The number of hydrogen-bond donors (Lipinski definition) is 0. The Morgan fingerprint density at radius 1 is 0.433 bits per heavy atom. The Kier molecular flexibility index (Phi) is 9.15. The Balaban J connectivity index is 0.000000225. The third-order valence-electron chi connectivity index (χ3n) is 4.32. The molecule has 0 bridgehead atoms. The van der Waals surface area contributed by atoms with Gasteiger partial charge >= 0.3 is 0 Å². The molecule has 3 aromatic carbocycles. The zero-order valence-corrected chi connectivity index (χ0v) is 17.7. The van der Waals surface area contributed by atoms with Gasteiger partial charge in [0.1, 0.15) is 23.3 Å². The van der Waals surface area contributed by atoms with Crippen LogP contribution in [0.2, 0.25) is 0 Å². The van der Waals surface area contributed by atoms with E-state index < -0.39 is 34.9 Å². The maximum atomic E-state index is 12.6. The molecule has 3 aromatic rings. The molecule has 0 fully saturated rings. The Morgan fingerprint density at radius 3 is 0.900 bits per heavy atom. The third kappa shape index (κ3) is 6.94. The molecule has 30 heavy (non-hydrogen) atoms. The van der Waals surface area contributed by atoms with Crippen molar-refractivity contribution in [1.29, 1.82) is 0 Å². The van der Waals surface area contributed by atoms with Gasteiger partial charge in [-0.25, -0.2) is 26.3 Å². The minimum absolute atomic E-state index is 0.0885. The summed E-state index contributed by atoms with van der Waals surface area (Å²) in [6.07, 6.45) is 0. The number of aryl methyl sites for hydroxylation is 4. The topological polar surface area (TPSA) is 0 Å². The summed E-state index contributed by atoms with van der Waals surface area (Å²) in [6, 6.07) is 8.40. The van der Waals surface area contributed by atoms with Crippen LogP contribution >= 0.6 is 0 Å². The van der Waals surface area contributed by atoms with E-state index in [1.54, 1.807) is 26.0 Å². The molecule has 0 aliphatic carbocycles. The van der Waals surface area contributed by atoms with E-state index in [4.69, 9.17) is 0 Å². The average molecular weight is 426 g/mol. The highest BCUT2D eigenvalue weighted by atomic mass is 19.2. The predicted octanol–water partition coefficient (Wildman–Crippen LogP) is 7.74. The van der Waals surface area contributed by atoms with Crippen molar-refractivity contribution in [2.75, 3.05) is 0 Å². The largest absolute Gasteiger partial charge is 0.207 e. The van der Waals surface area contributed by atoms with Gasteiger partial charge < -0.3 is 0 Å². The first kappa shape index (κ1) is 25.3. The standard InChI is InChI=1S/3C8H8F2/c2*1-5-3-7(9)6(2)8(10)4-5;1-5-3-4-6(2)8(10)7(5)9/h3*3-4H,1-2H3. The molecule has 0 saturated heterocycles. The molecule has 0 radical (unpaired) electrons. The molecule has 0 saturated carbocycles. The van der Waals surface area contributed by atoms with Crippen LogP contribution in [0.1, 0.15) is 33.4 Å². The first-order valence-electron chi connectivity index (χ1n) is 9.10. The minimum Gasteiger partial charge on any atom is -0.207 e. The van der Waals surface area contributed by atoms with Crippen molar-refractivity contribution in [1.82, 2.24) is 0 Å². The van der Waals surface area contributed by atoms with Gasteiger partial charge in [0.25, 0.3) is 0 Å². The van der Waals surface area contributed by atoms with Crippen LogP contribution in [0.25, 0.3) is 0 Å². The molecular weight excluding hydrogens is 402 g/mol. The maximum Gasteiger partial charge on any atom is 0.161 e. The van der Waals surface area contributed by atoms with Gasteiger partial charge in [0.2, 0.25) is 0 Å². The van der Waals surface area contributed by atoms with Crippen LogP contribution in [-0.4, -0.2) is 0 Å². The highest BCUT2D eigenvalue weighted by Crippen LogP contribution is 2.14. The molecule has 0 spiro atoms. The van der Waals surface area contributed by atoms with Crippen LogP contribution < -0.4 is 0 Å². The Bertz CT molecular complexity index is 896. The van der Waals surface area contributed by atoms with Gasteiger partial charge in [-0.1, -0.05) is 12.1 Å². The Morgan fingerprint density at radius 2 is 0.667 bits per heavy atom. The minimum atomic E-state index is -0.736.